The molecule has 3 aromatic rings. The lowest BCUT2D eigenvalue weighted by molar-refractivity contribution is -0.122. The summed E-state index contributed by atoms with van der Waals surface area (Å²) in [6, 6.07) is 14.3. The Kier molecular flexibility index (Phi) is 7.61. The molecule has 2 heterocycles. The van der Waals surface area contributed by atoms with E-state index < -0.39 is 5.97 Å². The lowest BCUT2D eigenvalue weighted by Gasteiger charge is -2.14. The number of rotatable bonds is 7. The van der Waals surface area contributed by atoms with Gasteiger partial charge in [-0.15, -0.1) is 0 Å². The number of nitrogens with zero attached hydrogens (tertiary/aromatic N) is 1. The van der Waals surface area contributed by atoms with Gasteiger partial charge in [-0.1, -0.05) is 47.2 Å². The van der Waals surface area contributed by atoms with Gasteiger partial charge in [0.2, 0.25) is 5.91 Å². The Bertz CT molecular complexity index is 1370. The summed E-state index contributed by atoms with van der Waals surface area (Å²) in [7, 11) is 0. The van der Waals surface area contributed by atoms with Crippen molar-refractivity contribution in [2.24, 2.45) is 0 Å². The first-order chi connectivity index (χ1) is 16.7. The molecule has 0 bridgehead atoms. The van der Waals surface area contributed by atoms with Crippen LogP contribution in [0.2, 0.25) is 10.0 Å². The maximum atomic E-state index is 12.8. The molecule has 0 saturated carbocycles. The molecule has 0 aliphatic carbocycles. The van der Waals surface area contributed by atoms with Crippen LogP contribution >= 0.6 is 47.2 Å². The van der Waals surface area contributed by atoms with Crippen LogP contribution in [0.25, 0.3) is 17.4 Å². The van der Waals surface area contributed by atoms with Crippen molar-refractivity contribution in [1.29, 1.82) is 0 Å². The lowest BCUT2D eigenvalue weighted by atomic mass is 10.2. The average Bonchev–Trinajstić information content (AvgIpc) is 3.38. The molecule has 1 aromatic heterocycles. The number of benzene rings is 2. The summed E-state index contributed by atoms with van der Waals surface area (Å²) < 4.78 is 6.16. The third kappa shape index (κ3) is 5.94. The highest BCUT2D eigenvalue weighted by atomic mass is 35.5. The zero-order valence-electron chi connectivity index (χ0n) is 17.8. The van der Waals surface area contributed by atoms with E-state index in [2.05, 4.69) is 5.32 Å². The molecular weight excluding hydrogens is 531 g/mol. The summed E-state index contributed by atoms with van der Waals surface area (Å²) in [5, 5.41) is 12.6. The van der Waals surface area contributed by atoms with Gasteiger partial charge in [0.1, 0.15) is 15.8 Å². The molecule has 2 aromatic carbocycles. The van der Waals surface area contributed by atoms with Gasteiger partial charge < -0.3 is 14.8 Å². The monoisotopic (exact) mass is 546 g/mol. The number of carbonyl (C=O) groups excluding carboxylic acids is 2. The first-order valence-corrected chi connectivity index (χ1v) is 12.1. The molecule has 2 N–H and O–H groups in total. The van der Waals surface area contributed by atoms with Gasteiger partial charge in [-0.3, -0.25) is 14.5 Å². The lowest BCUT2D eigenvalue weighted by Crippen LogP contribution is -2.31. The fraction of sp³-hybridized carbons (Fsp3) is 0.0833. The number of hydrogen-bond donors (Lipinski definition) is 2. The van der Waals surface area contributed by atoms with Crippen LogP contribution in [0.15, 0.2) is 63.9 Å². The molecule has 0 atom stereocenters. The van der Waals surface area contributed by atoms with Crippen LogP contribution in [-0.2, 0) is 9.59 Å². The van der Waals surface area contributed by atoms with Crippen molar-refractivity contribution >= 4 is 81.0 Å². The Morgan fingerprint density at radius 1 is 1.11 bits per heavy atom. The normalized spacial score (nSPS) is 14.6. The summed E-state index contributed by atoms with van der Waals surface area (Å²) >= 11 is 18.7. The summed E-state index contributed by atoms with van der Waals surface area (Å²) in [5.41, 5.74) is 1.21. The second-order valence-corrected chi connectivity index (χ2v) is 9.86. The number of nitrogens with one attached hydrogen (secondary N) is 1. The molecule has 178 valence electrons. The van der Waals surface area contributed by atoms with E-state index in [4.69, 9.17) is 44.9 Å². The van der Waals surface area contributed by atoms with E-state index in [9.17, 15) is 14.4 Å². The van der Waals surface area contributed by atoms with E-state index >= 15 is 0 Å². The number of anilines is 1. The number of amides is 2. The number of thioether (sulfide) groups is 1. The number of carbonyl (C=O) groups is 3. The standard InChI is InChI=1S/C24H16Cl2N2O5S2/c25-14-3-7-18(26)17(11-14)19-8-6-16(33-19)12-20-22(30)28(24(34)35-20)10-9-21(29)27-15-4-1-13(2-5-15)23(31)32/h1-8,11-12H,9-10H2,(H,27,29)(H,31,32)/b20-12-. The molecule has 1 aliphatic rings. The maximum Gasteiger partial charge on any atom is 0.335 e. The van der Waals surface area contributed by atoms with Crippen LogP contribution in [0.3, 0.4) is 0 Å². The Balaban J connectivity index is 1.38. The first-order valence-electron chi connectivity index (χ1n) is 10.1. The average molecular weight is 547 g/mol. The number of thiocarbonyl (C=S) groups is 1. The Labute approximate surface area is 219 Å². The van der Waals surface area contributed by atoms with E-state index in [-0.39, 0.29) is 30.3 Å². The zero-order chi connectivity index (χ0) is 25.1. The van der Waals surface area contributed by atoms with Crippen LogP contribution < -0.4 is 5.32 Å². The molecule has 0 radical (unpaired) electrons. The summed E-state index contributed by atoms with van der Waals surface area (Å²) in [5.74, 6) is -0.756. The quantitative estimate of drug-likeness (QED) is 0.269. The van der Waals surface area contributed by atoms with Crippen molar-refractivity contribution in [3.05, 3.63) is 80.9 Å². The number of hydrogen-bond acceptors (Lipinski definition) is 6. The van der Waals surface area contributed by atoms with Crippen LogP contribution in [0.1, 0.15) is 22.5 Å². The van der Waals surface area contributed by atoms with Gasteiger partial charge in [0.15, 0.2) is 0 Å². The number of halogens is 2. The third-order valence-electron chi connectivity index (χ3n) is 4.95. The highest BCUT2D eigenvalue weighted by Crippen LogP contribution is 2.35. The van der Waals surface area contributed by atoms with Gasteiger partial charge in [-0.2, -0.15) is 0 Å². The predicted molar refractivity (Wildman–Crippen MR) is 141 cm³/mol. The second kappa shape index (κ2) is 10.7. The summed E-state index contributed by atoms with van der Waals surface area (Å²) in [4.78, 5) is 37.8. The zero-order valence-corrected chi connectivity index (χ0v) is 20.9. The Morgan fingerprint density at radius 2 is 1.86 bits per heavy atom. The Morgan fingerprint density at radius 3 is 2.57 bits per heavy atom. The highest BCUT2D eigenvalue weighted by Gasteiger charge is 2.32. The van der Waals surface area contributed by atoms with Crippen LogP contribution in [0.5, 0.6) is 0 Å². The fourth-order valence-corrected chi connectivity index (χ4v) is 4.89. The molecule has 35 heavy (non-hydrogen) atoms. The minimum absolute atomic E-state index is 0.0125. The molecular formula is C24H16Cl2N2O5S2. The van der Waals surface area contributed by atoms with Crippen LogP contribution in [0, 0.1) is 0 Å². The fourth-order valence-electron chi connectivity index (χ4n) is 3.22. The first kappa shape index (κ1) is 25.0. The van der Waals surface area contributed by atoms with Crippen molar-refractivity contribution in [3.63, 3.8) is 0 Å². The molecule has 11 heteroatoms. The molecule has 1 fully saturated rings. The maximum absolute atomic E-state index is 12.8. The molecule has 0 spiro atoms. The third-order valence-corrected chi connectivity index (χ3v) is 6.89. The molecule has 1 aliphatic heterocycles. The van der Waals surface area contributed by atoms with Gasteiger partial charge in [0.05, 0.1) is 15.5 Å². The van der Waals surface area contributed by atoms with Crippen molar-refractivity contribution in [2.45, 2.75) is 6.42 Å². The largest absolute Gasteiger partial charge is 0.478 e. The SMILES string of the molecule is O=C(CCN1C(=O)/C(=C/c2ccc(-c3cc(Cl)ccc3Cl)o2)SC1=S)Nc1ccc(C(=O)O)cc1. The smallest absolute Gasteiger partial charge is 0.335 e. The second-order valence-electron chi connectivity index (χ2n) is 7.34. The molecule has 1 saturated heterocycles. The number of carboxylic acid groups (broad SMARTS) is 1. The number of carboxylic acids is 1. The number of furan rings is 1. The van der Waals surface area contributed by atoms with Crippen molar-refractivity contribution in [2.75, 3.05) is 11.9 Å². The summed E-state index contributed by atoms with van der Waals surface area (Å²) in [6.07, 6.45) is 1.60. The van der Waals surface area contributed by atoms with E-state index in [1.165, 1.54) is 29.2 Å². The van der Waals surface area contributed by atoms with Gasteiger partial charge in [-0.05, 0) is 54.6 Å². The van der Waals surface area contributed by atoms with E-state index in [0.717, 1.165) is 11.8 Å². The molecule has 4 rings (SSSR count). The number of aromatic carboxylic acids is 1. The summed E-state index contributed by atoms with van der Waals surface area (Å²) in [6.45, 7) is 0.0998. The van der Waals surface area contributed by atoms with E-state index in [1.54, 1.807) is 36.4 Å². The van der Waals surface area contributed by atoms with E-state index in [0.29, 0.717) is 42.0 Å². The van der Waals surface area contributed by atoms with E-state index in [1.807, 2.05) is 0 Å². The van der Waals surface area contributed by atoms with Gasteiger partial charge in [0.25, 0.3) is 5.91 Å². The highest BCUT2D eigenvalue weighted by molar-refractivity contribution is 8.26. The van der Waals surface area contributed by atoms with Gasteiger partial charge in [0, 0.05) is 35.3 Å². The minimum Gasteiger partial charge on any atom is -0.478 e. The van der Waals surface area contributed by atoms with Crippen LogP contribution in [-0.4, -0.2) is 38.7 Å². The van der Waals surface area contributed by atoms with Crippen molar-refractivity contribution in [1.82, 2.24) is 4.90 Å². The van der Waals surface area contributed by atoms with Gasteiger partial charge in [-0.25, -0.2) is 4.79 Å². The minimum atomic E-state index is -1.05. The van der Waals surface area contributed by atoms with Crippen LogP contribution in [0.4, 0.5) is 5.69 Å². The van der Waals surface area contributed by atoms with Gasteiger partial charge >= 0.3 is 5.97 Å². The molecule has 7 nitrogen and oxygen atoms in total. The Hall–Kier alpha value is -3.11. The van der Waals surface area contributed by atoms with Crippen molar-refractivity contribution < 1.29 is 23.9 Å². The molecule has 2 amide bonds. The topological polar surface area (TPSA) is 99.9 Å². The predicted octanol–water partition coefficient (Wildman–Crippen LogP) is 6.18. The van der Waals surface area contributed by atoms with Crippen molar-refractivity contribution in [3.8, 4) is 11.3 Å². The molecule has 0 unspecified atom stereocenters.